The van der Waals surface area contributed by atoms with Crippen molar-refractivity contribution in [2.24, 2.45) is 0 Å². The summed E-state index contributed by atoms with van der Waals surface area (Å²) in [7, 11) is 4.06. The first-order valence-electron chi connectivity index (χ1n) is 6.24. The highest BCUT2D eigenvalue weighted by atomic mass is 32.1. The lowest BCUT2D eigenvalue weighted by molar-refractivity contribution is 1.13. The molecule has 2 aromatic heterocycles. The molecular weight excluding hydrogens is 268 g/mol. The fraction of sp³-hybridized carbons (Fsp3) is 0.133. The maximum atomic E-state index is 4.63. The highest BCUT2D eigenvalue weighted by Gasteiger charge is 2.07. The molecule has 3 rings (SSSR count). The highest BCUT2D eigenvalue weighted by molar-refractivity contribution is 7.13. The largest absolute Gasteiger partial charge is 0.378 e. The zero-order valence-corrected chi connectivity index (χ0v) is 12.1. The molecular formula is C15H14N4S. The summed E-state index contributed by atoms with van der Waals surface area (Å²) in [5, 5.41) is 3.01. The van der Waals surface area contributed by atoms with Crippen molar-refractivity contribution in [3.8, 4) is 22.0 Å². The summed E-state index contributed by atoms with van der Waals surface area (Å²) in [4.78, 5) is 15.0. The minimum atomic E-state index is 0.805. The molecule has 0 bridgehead atoms. The molecule has 0 spiro atoms. The molecule has 0 saturated heterocycles. The number of thiazole rings is 1. The van der Waals surface area contributed by atoms with Crippen LogP contribution in [0.25, 0.3) is 22.0 Å². The molecule has 0 aliphatic rings. The number of benzene rings is 1. The van der Waals surface area contributed by atoms with E-state index in [1.807, 2.05) is 19.5 Å². The van der Waals surface area contributed by atoms with E-state index in [0.717, 1.165) is 22.0 Å². The number of nitrogens with zero attached hydrogens (tertiary/aromatic N) is 4. The van der Waals surface area contributed by atoms with Gasteiger partial charge >= 0.3 is 0 Å². The first-order valence-corrected chi connectivity index (χ1v) is 7.11. The molecule has 1 aromatic carbocycles. The van der Waals surface area contributed by atoms with Gasteiger partial charge in [0.15, 0.2) is 0 Å². The van der Waals surface area contributed by atoms with Crippen molar-refractivity contribution in [1.82, 2.24) is 15.0 Å². The van der Waals surface area contributed by atoms with Crippen LogP contribution in [0.1, 0.15) is 0 Å². The molecule has 0 atom stereocenters. The third kappa shape index (κ3) is 2.53. The molecule has 0 amide bonds. The second kappa shape index (κ2) is 5.38. The summed E-state index contributed by atoms with van der Waals surface area (Å²) in [6.07, 6.45) is 5.07. The fourth-order valence-corrected chi connectivity index (χ4v) is 2.68. The predicted molar refractivity (Wildman–Crippen MR) is 82.9 cm³/mol. The van der Waals surface area contributed by atoms with Crippen LogP contribution in [-0.2, 0) is 0 Å². The minimum Gasteiger partial charge on any atom is -0.378 e. The Morgan fingerprint density at radius 2 is 1.80 bits per heavy atom. The lowest BCUT2D eigenvalue weighted by atomic mass is 10.2. The van der Waals surface area contributed by atoms with E-state index in [2.05, 4.69) is 44.1 Å². The van der Waals surface area contributed by atoms with Gasteiger partial charge in [0.05, 0.1) is 6.20 Å². The molecule has 5 heteroatoms. The summed E-state index contributed by atoms with van der Waals surface area (Å²) >= 11 is 1.62. The SMILES string of the molecule is CN(C)c1ccc(-c2nc(-c3cnccn3)cs2)cc1. The Balaban J connectivity index is 1.90. The van der Waals surface area contributed by atoms with Crippen molar-refractivity contribution in [1.29, 1.82) is 0 Å². The van der Waals surface area contributed by atoms with Gasteiger partial charge in [0.2, 0.25) is 0 Å². The molecule has 0 fully saturated rings. The van der Waals surface area contributed by atoms with Crippen LogP contribution in [0.4, 0.5) is 5.69 Å². The topological polar surface area (TPSA) is 41.9 Å². The average Bonchev–Trinajstić information content (AvgIpc) is 2.98. The summed E-state index contributed by atoms with van der Waals surface area (Å²) < 4.78 is 0. The summed E-state index contributed by atoms with van der Waals surface area (Å²) in [5.41, 5.74) is 3.98. The van der Waals surface area contributed by atoms with Crippen molar-refractivity contribution in [2.75, 3.05) is 19.0 Å². The van der Waals surface area contributed by atoms with Gasteiger partial charge in [-0.1, -0.05) is 0 Å². The van der Waals surface area contributed by atoms with E-state index >= 15 is 0 Å². The minimum absolute atomic E-state index is 0.805. The van der Waals surface area contributed by atoms with Gasteiger partial charge < -0.3 is 4.90 Å². The smallest absolute Gasteiger partial charge is 0.124 e. The zero-order chi connectivity index (χ0) is 13.9. The van der Waals surface area contributed by atoms with Gasteiger partial charge in [0, 0.05) is 43.1 Å². The van der Waals surface area contributed by atoms with Crippen molar-refractivity contribution in [2.45, 2.75) is 0 Å². The van der Waals surface area contributed by atoms with Gasteiger partial charge in [-0.05, 0) is 24.3 Å². The second-order valence-electron chi connectivity index (χ2n) is 4.57. The summed E-state index contributed by atoms with van der Waals surface area (Å²) in [6.45, 7) is 0. The maximum absolute atomic E-state index is 4.63. The number of anilines is 1. The fourth-order valence-electron chi connectivity index (χ4n) is 1.86. The van der Waals surface area contributed by atoms with Crippen molar-refractivity contribution < 1.29 is 0 Å². The maximum Gasteiger partial charge on any atom is 0.124 e. The molecule has 0 N–H and O–H groups in total. The van der Waals surface area contributed by atoms with Gasteiger partial charge in [-0.2, -0.15) is 0 Å². The molecule has 0 radical (unpaired) electrons. The van der Waals surface area contributed by atoms with E-state index < -0.39 is 0 Å². The molecule has 100 valence electrons. The Morgan fingerprint density at radius 1 is 1.00 bits per heavy atom. The number of aromatic nitrogens is 3. The van der Waals surface area contributed by atoms with E-state index in [1.54, 1.807) is 29.9 Å². The van der Waals surface area contributed by atoms with E-state index in [9.17, 15) is 0 Å². The lowest BCUT2D eigenvalue weighted by Crippen LogP contribution is -2.07. The van der Waals surface area contributed by atoms with Crippen molar-refractivity contribution in [3.05, 3.63) is 48.2 Å². The first kappa shape index (κ1) is 12.7. The van der Waals surface area contributed by atoms with E-state index in [1.165, 1.54) is 5.69 Å². The standard InChI is InChI=1S/C15H14N4S/c1-19(2)12-5-3-11(4-6-12)15-18-14(10-20-15)13-9-16-7-8-17-13/h3-10H,1-2H3. The number of hydrogen-bond donors (Lipinski definition) is 0. The van der Waals surface area contributed by atoms with Crippen LogP contribution in [0.5, 0.6) is 0 Å². The average molecular weight is 282 g/mol. The van der Waals surface area contributed by atoms with Gasteiger partial charge in [-0.15, -0.1) is 11.3 Å². The Hall–Kier alpha value is -2.27. The van der Waals surface area contributed by atoms with Crippen LogP contribution < -0.4 is 4.90 Å². The Bertz CT molecular complexity index is 689. The van der Waals surface area contributed by atoms with E-state index in [-0.39, 0.29) is 0 Å². The molecule has 20 heavy (non-hydrogen) atoms. The third-order valence-corrected chi connectivity index (χ3v) is 3.85. The van der Waals surface area contributed by atoms with Crippen LogP contribution >= 0.6 is 11.3 Å². The molecule has 2 heterocycles. The Labute approximate surface area is 121 Å². The first-order chi connectivity index (χ1) is 9.74. The number of hydrogen-bond acceptors (Lipinski definition) is 5. The molecule has 3 aromatic rings. The Morgan fingerprint density at radius 3 is 2.45 bits per heavy atom. The molecule has 0 aliphatic heterocycles. The van der Waals surface area contributed by atoms with E-state index in [4.69, 9.17) is 0 Å². The summed E-state index contributed by atoms with van der Waals surface area (Å²) in [6, 6.07) is 8.38. The van der Waals surface area contributed by atoms with Gasteiger partial charge in [-0.25, -0.2) is 4.98 Å². The lowest BCUT2D eigenvalue weighted by Gasteiger charge is -2.11. The summed E-state index contributed by atoms with van der Waals surface area (Å²) in [5.74, 6) is 0. The van der Waals surface area contributed by atoms with Crippen LogP contribution in [-0.4, -0.2) is 29.0 Å². The quantitative estimate of drug-likeness (QED) is 0.739. The van der Waals surface area contributed by atoms with Crippen molar-refractivity contribution >= 4 is 17.0 Å². The number of rotatable bonds is 3. The molecule has 0 unspecified atom stereocenters. The van der Waals surface area contributed by atoms with E-state index in [0.29, 0.717) is 0 Å². The normalized spacial score (nSPS) is 10.5. The Kier molecular flexibility index (Phi) is 3.43. The third-order valence-electron chi connectivity index (χ3n) is 2.96. The van der Waals surface area contributed by atoms with Crippen LogP contribution in [0.15, 0.2) is 48.2 Å². The predicted octanol–water partition coefficient (Wildman–Crippen LogP) is 3.33. The highest BCUT2D eigenvalue weighted by Crippen LogP contribution is 2.28. The van der Waals surface area contributed by atoms with Crippen LogP contribution in [0.2, 0.25) is 0 Å². The molecule has 0 saturated carbocycles. The van der Waals surface area contributed by atoms with Crippen LogP contribution in [0.3, 0.4) is 0 Å². The van der Waals surface area contributed by atoms with Crippen LogP contribution in [0, 0.1) is 0 Å². The van der Waals surface area contributed by atoms with Gasteiger partial charge in [0.25, 0.3) is 0 Å². The zero-order valence-electron chi connectivity index (χ0n) is 11.3. The van der Waals surface area contributed by atoms with Gasteiger partial charge in [0.1, 0.15) is 16.4 Å². The second-order valence-corrected chi connectivity index (χ2v) is 5.43. The van der Waals surface area contributed by atoms with Crippen molar-refractivity contribution in [3.63, 3.8) is 0 Å². The van der Waals surface area contributed by atoms with Gasteiger partial charge in [-0.3, -0.25) is 9.97 Å². The molecule has 4 nitrogen and oxygen atoms in total. The molecule has 0 aliphatic carbocycles. The monoisotopic (exact) mass is 282 g/mol.